The average Bonchev–Trinajstić information content (AvgIpc) is 2.09. The molecule has 0 spiro atoms. The van der Waals surface area contributed by atoms with Crippen LogP contribution in [0.5, 0.6) is 0 Å². The summed E-state index contributed by atoms with van der Waals surface area (Å²) in [4.78, 5) is 0. The van der Waals surface area contributed by atoms with Gasteiger partial charge in [0.2, 0.25) is 0 Å². The van der Waals surface area contributed by atoms with Crippen molar-refractivity contribution in [1.29, 1.82) is 0 Å². The summed E-state index contributed by atoms with van der Waals surface area (Å²) in [5.74, 6) is 0. The molecule has 1 heteroatoms. The van der Waals surface area contributed by atoms with E-state index in [0.29, 0.717) is 5.25 Å². The first-order chi connectivity index (χ1) is 5.81. The van der Waals surface area contributed by atoms with Crippen molar-refractivity contribution in [2.75, 3.05) is 0 Å². The number of unbranched alkanes of at least 4 members (excludes halogenated alkanes) is 3. The SMILES string of the molecule is CCCCC=CC(S)CCCC. The number of hydrogen-bond acceptors (Lipinski definition) is 1. The normalized spacial score (nSPS) is 13.9. The summed E-state index contributed by atoms with van der Waals surface area (Å²) in [7, 11) is 0. The Balaban J connectivity index is 3.27. The van der Waals surface area contributed by atoms with E-state index >= 15 is 0 Å². The van der Waals surface area contributed by atoms with Crippen LogP contribution in [0, 0.1) is 0 Å². The van der Waals surface area contributed by atoms with E-state index in [4.69, 9.17) is 0 Å². The Morgan fingerprint density at radius 3 is 2.42 bits per heavy atom. The standard InChI is InChI=1S/C11H22S/c1-3-5-7-8-10-11(12)9-6-4-2/h8,10-12H,3-7,9H2,1-2H3. The van der Waals surface area contributed by atoms with Crippen molar-refractivity contribution >= 4 is 12.6 Å². The van der Waals surface area contributed by atoms with Gasteiger partial charge in [-0.3, -0.25) is 0 Å². The van der Waals surface area contributed by atoms with Crippen LogP contribution in [0.1, 0.15) is 52.4 Å². The van der Waals surface area contributed by atoms with Gasteiger partial charge in [0.05, 0.1) is 0 Å². The van der Waals surface area contributed by atoms with E-state index in [-0.39, 0.29) is 0 Å². The van der Waals surface area contributed by atoms with Gasteiger partial charge in [0, 0.05) is 5.25 Å². The molecule has 0 aliphatic heterocycles. The third-order valence-corrected chi connectivity index (χ3v) is 2.37. The fourth-order valence-electron chi connectivity index (χ4n) is 1.08. The molecule has 1 unspecified atom stereocenters. The van der Waals surface area contributed by atoms with Crippen molar-refractivity contribution in [2.45, 2.75) is 57.6 Å². The minimum absolute atomic E-state index is 0.488. The third-order valence-electron chi connectivity index (χ3n) is 1.94. The van der Waals surface area contributed by atoms with E-state index in [1.807, 2.05) is 0 Å². The van der Waals surface area contributed by atoms with Gasteiger partial charge < -0.3 is 0 Å². The zero-order valence-electron chi connectivity index (χ0n) is 8.42. The van der Waals surface area contributed by atoms with Crippen LogP contribution in [0.3, 0.4) is 0 Å². The molecule has 0 fully saturated rings. The molecule has 0 rings (SSSR count). The molecule has 0 aromatic heterocycles. The fourth-order valence-corrected chi connectivity index (χ4v) is 1.39. The van der Waals surface area contributed by atoms with E-state index < -0.39 is 0 Å². The van der Waals surface area contributed by atoms with Gasteiger partial charge >= 0.3 is 0 Å². The highest BCUT2D eigenvalue weighted by atomic mass is 32.1. The molecule has 0 bridgehead atoms. The van der Waals surface area contributed by atoms with E-state index in [9.17, 15) is 0 Å². The summed E-state index contributed by atoms with van der Waals surface area (Å²) < 4.78 is 0. The molecular formula is C11H22S. The number of thiol groups is 1. The molecular weight excluding hydrogens is 164 g/mol. The molecule has 0 amide bonds. The van der Waals surface area contributed by atoms with Gasteiger partial charge in [-0.05, 0) is 12.8 Å². The molecule has 1 atom stereocenters. The maximum atomic E-state index is 4.48. The van der Waals surface area contributed by atoms with Crippen LogP contribution in [0.25, 0.3) is 0 Å². The molecule has 72 valence electrons. The van der Waals surface area contributed by atoms with Crippen LogP contribution in [0.4, 0.5) is 0 Å². The Morgan fingerprint density at radius 1 is 1.17 bits per heavy atom. The quantitative estimate of drug-likeness (QED) is 0.343. The third kappa shape index (κ3) is 8.19. The first-order valence-electron chi connectivity index (χ1n) is 5.16. The van der Waals surface area contributed by atoms with Crippen LogP contribution in [-0.2, 0) is 0 Å². The second-order valence-electron chi connectivity index (χ2n) is 3.28. The van der Waals surface area contributed by atoms with Crippen LogP contribution in [-0.4, -0.2) is 5.25 Å². The molecule has 0 aromatic carbocycles. The molecule has 0 radical (unpaired) electrons. The zero-order valence-corrected chi connectivity index (χ0v) is 9.32. The molecule has 0 aliphatic rings. The zero-order chi connectivity index (χ0) is 9.23. The van der Waals surface area contributed by atoms with Gasteiger partial charge in [-0.25, -0.2) is 0 Å². The predicted molar refractivity (Wildman–Crippen MR) is 61.0 cm³/mol. The van der Waals surface area contributed by atoms with Gasteiger partial charge in [-0.15, -0.1) is 0 Å². The number of hydrogen-bond donors (Lipinski definition) is 1. The maximum absolute atomic E-state index is 4.48. The molecule has 12 heavy (non-hydrogen) atoms. The summed E-state index contributed by atoms with van der Waals surface area (Å²) in [5.41, 5.74) is 0. The van der Waals surface area contributed by atoms with Crippen LogP contribution < -0.4 is 0 Å². The number of rotatable bonds is 7. The highest BCUT2D eigenvalue weighted by Gasteiger charge is 1.94. The Hall–Kier alpha value is 0.0900. The van der Waals surface area contributed by atoms with Crippen LogP contribution in [0.15, 0.2) is 12.2 Å². The second-order valence-corrected chi connectivity index (χ2v) is 3.94. The van der Waals surface area contributed by atoms with Gasteiger partial charge in [0.25, 0.3) is 0 Å². The van der Waals surface area contributed by atoms with Crippen molar-refractivity contribution in [3.8, 4) is 0 Å². The predicted octanol–water partition coefficient (Wildman–Crippen LogP) is 4.22. The lowest BCUT2D eigenvalue weighted by atomic mass is 10.1. The Bertz CT molecular complexity index is 108. The van der Waals surface area contributed by atoms with Crippen molar-refractivity contribution in [3.05, 3.63) is 12.2 Å². The largest absolute Gasteiger partial charge is 0.172 e. The lowest BCUT2D eigenvalue weighted by Gasteiger charge is -2.02. The summed E-state index contributed by atoms with van der Waals surface area (Å²) in [6.45, 7) is 4.45. The molecule has 0 nitrogen and oxygen atoms in total. The summed E-state index contributed by atoms with van der Waals surface area (Å²) in [5, 5.41) is 0.488. The first-order valence-corrected chi connectivity index (χ1v) is 5.67. The van der Waals surface area contributed by atoms with Crippen LogP contribution in [0.2, 0.25) is 0 Å². The van der Waals surface area contributed by atoms with E-state index in [2.05, 4.69) is 38.6 Å². The topological polar surface area (TPSA) is 0 Å². The smallest absolute Gasteiger partial charge is 0.0196 e. The van der Waals surface area contributed by atoms with Crippen molar-refractivity contribution in [2.24, 2.45) is 0 Å². The van der Waals surface area contributed by atoms with Gasteiger partial charge in [0.15, 0.2) is 0 Å². The molecule has 0 heterocycles. The molecule has 0 saturated heterocycles. The van der Waals surface area contributed by atoms with Crippen LogP contribution >= 0.6 is 12.6 Å². The Morgan fingerprint density at radius 2 is 1.83 bits per heavy atom. The molecule has 0 N–H and O–H groups in total. The second kappa shape index (κ2) is 9.18. The van der Waals surface area contributed by atoms with Crippen molar-refractivity contribution in [1.82, 2.24) is 0 Å². The lowest BCUT2D eigenvalue weighted by molar-refractivity contribution is 0.737. The van der Waals surface area contributed by atoms with E-state index in [1.54, 1.807) is 0 Å². The molecule has 0 aromatic rings. The van der Waals surface area contributed by atoms with E-state index in [1.165, 1.54) is 38.5 Å². The minimum Gasteiger partial charge on any atom is -0.172 e. The lowest BCUT2D eigenvalue weighted by Crippen LogP contribution is -1.92. The summed E-state index contributed by atoms with van der Waals surface area (Å²) in [6.07, 6.45) is 12.1. The maximum Gasteiger partial charge on any atom is 0.0196 e. The van der Waals surface area contributed by atoms with E-state index in [0.717, 1.165) is 0 Å². The Kier molecular flexibility index (Phi) is 9.25. The Labute approximate surface area is 82.9 Å². The number of allylic oxidation sites excluding steroid dienone is 1. The highest BCUT2D eigenvalue weighted by molar-refractivity contribution is 7.81. The van der Waals surface area contributed by atoms with Crippen molar-refractivity contribution < 1.29 is 0 Å². The summed E-state index contributed by atoms with van der Waals surface area (Å²) >= 11 is 4.48. The fraction of sp³-hybridized carbons (Fsp3) is 0.818. The average molecular weight is 186 g/mol. The van der Waals surface area contributed by atoms with Gasteiger partial charge in [-0.2, -0.15) is 12.6 Å². The van der Waals surface area contributed by atoms with Gasteiger partial charge in [-0.1, -0.05) is 51.7 Å². The van der Waals surface area contributed by atoms with Crippen molar-refractivity contribution in [3.63, 3.8) is 0 Å². The molecule has 0 saturated carbocycles. The monoisotopic (exact) mass is 186 g/mol. The summed E-state index contributed by atoms with van der Waals surface area (Å²) in [6, 6.07) is 0. The minimum atomic E-state index is 0.488. The molecule has 0 aliphatic carbocycles. The van der Waals surface area contributed by atoms with Gasteiger partial charge in [0.1, 0.15) is 0 Å². The highest BCUT2D eigenvalue weighted by Crippen LogP contribution is 2.09. The first kappa shape index (κ1) is 12.1.